The average Bonchev–Trinajstić information content (AvgIpc) is 3.11. The molecular weight excluding hydrogens is 353 g/mol. The van der Waals surface area contributed by atoms with Gasteiger partial charge in [-0.3, -0.25) is 4.79 Å². The van der Waals surface area contributed by atoms with Gasteiger partial charge in [-0.2, -0.15) is 13.2 Å². The topological polar surface area (TPSA) is 44.9 Å². The molecule has 0 aliphatic rings. The van der Waals surface area contributed by atoms with Gasteiger partial charge < -0.3 is 10.3 Å². The van der Waals surface area contributed by atoms with Crippen molar-refractivity contribution in [1.82, 2.24) is 10.3 Å². The highest BCUT2D eigenvalue weighted by Gasteiger charge is 2.29. The number of carbonyl (C=O) groups is 1. The fourth-order valence-electron chi connectivity index (χ4n) is 2.58. The van der Waals surface area contributed by atoms with E-state index in [1.165, 1.54) is 12.1 Å². The number of fused-ring (bicyclic) bond motifs is 1. The van der Waals surface area contributed by atoms with Crippen LogP contribution in [0.1, 0.15) is 29.5 Å². The number of carbonyl (C=O) groups excluding carboxylic acids is 1. The molecule has 0 fully saturated rings. The van der Waals surface area contributed by atoms with Crippen molar-refractivity contribution >= 4 is 16.8 Å². The molecule has 1 amide bonds. The van der Waals surface area contributed by atoms with Gasteiger partial charge in [-0.1, -0.05) is 24.0 Å². The fourth-order valence-corrected chi connectivity index (χ4v) is 2.58. The van der Waals surface area contributed by atoms with E-state index in [0.29, 0.717) is 18.5 Å². The van der Waals surface area contributed by atoms with Crippen LogP contribution in [-0.4, -0.2) is 10.9 Å². The van der Waals surface area contributed by atoms with Crippen LogP contribution >= 0.6 is 0 Å². The van der Waals surface area contributed by atoms with E-state index < -0.39 is 11.7 Å². The van der Waals surface area contributed by atoms with E-state index in [-0.39, 0.29) is 12.3 Å². The Balaban J connectivity index is 1.45. The maximum atomic E-state index is 12.5. The fraction of sp³-hybridized carbons (Fsp3) is 0.190. The van der Waals surface area contributed by atoms with Gasteiger partial charge in [0, 0.05) is 36.7 Å². The molecule has 2 aromatic carbocycles. The SMILES string of the molecule is O=C(CCC#Cc1ccc(C(F)(F)F)cc1)NCc1ccc2cc[nH]c2c1. The zero-order valence-corrected chi connectivity index (χ0v) is 14.4. The molecule has 1 aromatic heterocycles. The van der Waals surface area contributed by atoms with Crippen LogP contribution in [0.4, 0.5) is 13.2 Å². The summed E-state index contributed by atoms with van der Waals surface area (Å²) in [6.45, 7) is 0.431. The Hall–Kier alpha value is -3.20. The van der Waals surface area contributed by atoms with Crippen LogP contribution in [0, 0.1) is 11.8 Å². The molecule has 3 aromatic rings. The van der Waals surface area contributed by atoms with Crippen molar-refractivity contribution in [3.05, 3.63) is 71.4 Å². The predicted molar refractivity (Wildman–Crippen MR) is 97.7 cm³/mol. The Bertz CT molecular complexity index is 992. The molecule has 6 heteroatoms. The third-order valence-electron chi connectivity index (χ3n) is 4.03. The number of H-pyrrole nitrogens is 1. The number of aromatic nitrogens is 1. The Morgan fingerprint density at radius 3 is 2.59 bits per heavy atom. The van der Waals surface area contributed by atoms with E-state index in [4.69, 9.17) is 0 Å². The minimum Gasteiger partial charge on any atom is -0.361 e. The molecule has 0 unspecified atom stereocenters. The van der Waals surface area contributed by atoms with Crippen LogP contribution in [0.25, 0.3) is 10.9 Å². The Labute approximate surface area is 154 Å². The largest absolute Gasteiger partial charge is 0.416 e. The molecule has 0 saturated heterocycles. The average molecular weight is 370 g/mol. The number of halogens is 3. The number of alkyl halides is 3. The number of nitrogens with one attached hydrogen (secondary N) is 2. The van der Waals surface area contributed by atoms with Crippen LogP contribution in [0.5, 0.6) is 0 Å². The maximum Gasteiger partial charge on any atom is 0.416 e. The highest BCUT2D eigenvalue weighted by atomic mass is 19.4. The molecule has 3 nitrogen and oxygen atoms in total. The first-order valence-corrected chi connectivity index (χ1v) is 8.41. The second-order valence-electron chi connectivity index (χ2n) is 6.05. The zero-order chi connectivity index (χ0) is 19.3. The van der Waals surface area contributed by atoms with Gasteiger partial charge in [0.15, 0.2) is 0 Å². The Morgan fingerprint density at radius 1 is 1.07 bits per heavy atom. The Morgan fingerprint density at radius 2 is 1.85 bits per heavy atom. The lowest BCUT2D eigenvalue weighted by Crippen LogP contribution is -2.22. The quantitative estimate of drug-likeness (QED) is 0.646. The highest BCUT2D eigenvalue weighted by Crippen LogP contribution is 2.28. The first-order chi connectivity index (χ1) is 12.9. The molecule has 2 N–H and O–H groups in total. The molecule has 0 aliphatic carbocycles. The number of benzene rings is 2. The van der Waals surface area contributed by atoms with Gasteiger partial charge in [-0.05, 0) is 47.3 Å². The first-order valence-electron chi connectivity index (χ1n) is 8.41. The lowest BCUT2D eigenvalue weighted by Gasteiger charge is -2.05. The van der Waals surface area contributed by atoms with E-state index in [9.17, 15) is 18.0 Å². The zero-order valence-electron chi connectivity index (χ0n) is 14.4. The number of rotatable bonds is 4. The summed E-state index contributed by atoms with van der Waals surface area (Å²) in [6.07, 6.45) is -1.92. The van der Waals surface area contributed by atoms with Crippen LogP contribution in [-0.2, 0) is 17.5 Å². The Kier molecular flexibility index (Phi) is 5.51. The summed E-state index contributed by atoms with van der Waals surface area (Å²) >= 11 is 0. The standard InChI is InChI=1S/C21H17F3N2O/c22-21(23,24)18-9-6-15(7-10-18)3-1-2-4-20(27)26-14-16-5-8-17-11-12-25-19(17)13-16/h5-13,25H,2,4,14H2,(H,26,27). The van der Waals surface area contributed by atoms with Gasteiger partial charge in [0.05, 0.1) is 5.56 Å². The summed E-state index contributed by atoms with van der Waals surface area (Å²) in [4.78, 5) is 15.0. The van der Waals surface area contributed by atoms with E-state index in [1.807, 2.05) is 30.5 Å². The molecule has 138 valence electrons. The monoisotopic (exact) mass is 370 g/mol. The highest BCUT2D eigenvalue weighted by molar-refractivity contribution is 5.80. The van der Waals surface area contributed by atoms with E-state index in [0.717, 1.165) is 28.6 Å². The second kappa shape index (κ2) is 8.00. The van der Waals surface area contributed by atoms with Crippen molar-refractivity contribution in [1.29, 1.82) is 0 Å². The smallest absolute Gasteiger partial charge is 0.361 e. The summed E-state index contributed by atoms with van der Waals surface area (Å²) < 4.78 is 37.5. The lowest BCUT2D eigenvalue weighted by atomic mass is 10.1. The molecule has 0 bridgehead atoms. The van der Waals surface area contributed by atoms with Crippen LogP contribution in [0.15, 0.2) is 54.7 Å². The van der Waals surface area contributed by atoms with Gasteiger partial charge >= 0.3 is 6.18 Å². The van der Waals surface area contributed by atoms with Crippen LogP contribution in [0.3, 0.4) is 0 Å². The summed E-state index contributed by atoms with van der Waals surface area (Å²) in [5.74, 6) is 5.46. The van der Waals surface area contributed by atoms with Gasteiger partial charge in [0.1, 0.15) is 0 Å². The van der Waals surface area contributed by atoms with E-state index >= 15 is 0 Å². The summed E-state index contributed by atoms with van der Waals surface area (Å²) in [5.41, 5.74) is 1.80. The third-order valence-corrected chi connectivity index (χ3v) is 4.03. The molecule has 0 spiro atoms. The number of aromatic amines is 1. The number of hydrogen-bond donors (Lipinski definition) is 2. The van der Waals surface area contributed by atoms with Gasteiger partial charge in [0.25, 0.3) is 0 Å². The molecule has 0 radical (unpaired) electrons. The molecule has 3 rings (SSSR count). The molecule has 27 heavy (non-hydrogen) atoms. The minimum absolute atomic E-state index is 0.122. The molecule has 1 heterocycles. The van der Waals surface area contributed by atoms with Gasteiger partial charge in [-0.15, -0.1) is 0 Å². The van der Waals surface area contributed by atoms with E-state index in [1.54, 1.807) is 0 Å². The summed E-state index contributed by atoms with van der Waals surface area (Å²) in [5, 5.41) is 3.95. The second-order valence-corrected chi connectivity index (χ2v) is 6.05. The minimum atomic E-state index is -4.35. The summed E-state index contributed by atoms with van der Waals surface area (Å²) in [6, 6.07) is 12.6. The molecule has 0 saturated carbocycles. The van der Waals surface area contributed by atoms with Crippen LogP contribution in [0.2, 0.25) is 0 Å². The number of hydrogen-bond acceptors (Lipinski definition) is 1. The third kappa shape index (κ3) is 5.14. The predicted octanol–water partition coefficient (Wildman–Crippen LogP) is 4.63. The lowest BCUT2D eigenvalue weighted by molar-refractivity contribution is -0.137. The molecule has 0 aliphatic heterocycles. The maximum absolute atomic E-state index is 12.5. The van der Waals surface area contributed by atoms with Crippen molar-refractivity contribution in [3.63, 3.8) is 0 Å². The van der Waals surface area contributed by atoms with Crippen molar-refractivity contribution in [3.8, 4) is 11.8 Å². The molecular formula is C21H17F3N2O. The van der Waals surface area contributed by atoms with Crippen molar-refractivity contribution < 1.29 is 18.0 Å². The first kappa shape index (κ1) is 18.6. The van der Waals surface area contributed by atoms with E-state index in [2.05, 4.69) is 22.1 Å². The summed E-state index contributed by atoms with van der Waals surface area (Å²) in [7, 11) is 0. The van der Waals surface area contributed by atoms with Crippen LogP contribution < -0.4 is 5.32 Å². The molecule has 0 atom stereocenters. The van der Waals surface area contributed by atoms with Gasteiger partial charge in [-0.25, -0.2) is 0 Å². The van der Waals surface area contributed by atoms with Crippen molar-refractivity contribution in [2.75, 3.05) is 0 Å². The number of amides is 1. The normalized spacial score (nSPS) is 11.1. The van der Waals surface area contributed by atoms with Gasteiger partial charge in [0.2, 0.25) is 5.91 Å². The van der Waals surface area contributed by atoms with Crippen molar-refractivity contribution in [2.45, 2.75) is 25.6 Å². The van der Waals surface area contributed by atoms with Crippen molar-refractivity contribution in [2.24, 2.45) is 0 Å².